The van der Waals surface area contributed by atoms with Gasteiger partial charge in [0.2, 0.25) is 11.8 Å². The van der Waals surface area contributed by atoms with E-state index < -0.39 is 63.5 Å². The van der Waals surface area contributed by atoms with Gasteiger partial charge < -0.3 is 25.4 Å². The molecule has 2 saturated carbocycles. The lowest BCUT2D eigenvalue weighted by Gasteiger charge is -2.34. The van der Waals surface area contributed by atoms with Crippen LogP contribution >= 0.6 is 0 Å². The molecule has 1 aromatic rings. The zero-order chi connectivity index (χ0) is 31.4. The van der Waals surface area contributed by atoms with E-state index in [1.165, 1.54) is 35.2 Å². The van der Waals surface area contributed by atoms with E-state index in [4.69, 9.17) is 4.74 Å². The fourth-order valence-electron chi connectivity index (χ4n) is 5.90. The smallest absolute Gasteiger partial charge is 0.408 e. The van der Waals surface area contributed by atoms with E-state index in [9.17, 15) is 32.7 Å². The van der Waals surface area contributed by atoms with Crippen molar-refractivity contribution in [3.8, 4) is 0 Å². The number of amides is 4. The van der Waals surface area contributed by atoms with Gasteiger partial charge in [-0.25, -0.2) is 17.9 Å². The van der Waals surface area contributed by atoms with Gasteiger partial charge in [0.15, 0.2) is 0 Å². The number of carbonyl (C=O) groups excluding carboxylic acids is 4. The Bertz CT molecular complexity index is 1360. The number of rotatable bonds is 11. The molecule has 1 aromatic carbocycles. The molecule has 4 rings (SSSR count). The number of nitrogens with one attached hydrogen (secondary N) is 3. The van der Waals surface area contributed by atoms with Crippen LogP contribution in [0, 0.1) is 11.8 Å². The Balaban J connectivity index is 1.52. The maximum atomic E-state index is 13.9. The van der Waals surface area contributed by atoms with Crippen LogP contribution in [0.5, 0.6) is 0 Å². The summed E-state index contributed by atoms with van der Waals surface area (Å²) in [6, 6.07) is 5.23. The van der Waals surface area contributed by atoms with Gasteiger partial charge in [0.25, 0.3) is 15.9 Å². The summed E-state index contributed by atoms with van der Waals surface area (Å²) in [5, 5.41) is 15.9. The van der Waals surface area contributed by atoms with Crippen LogP contribution in [0.15, 0.2) is 60.0 Å². The number of nitrogens with zero attached hydrogens (tertiary/aromatic N) is 1. The first kappa shape index (κ1) is 32.2. The van der Waals surface area contributed by atoms with E-state index in [2.05, 4.69) is 28.5 Å². The highest BCUT2D eigenvalue weighted by Gasteiger charge is 2.61. The Kier molecular flexibility index (Phi) is 9.96. The fourth-order valence-corrected chi connectivity index (χ4v) is 6.96. The standard InChI is InChI=1S/C30H40N4O8S/c1-4-21-16-30(21,28(38)33-43(40,41)23-13-9-6-10-14-23)32-26(36)24-15-22(35)17-34(24)27(37)25(20-11-7-5-8-12-20)31-29(39)42-18-19(2)3/h4,6,9-10,13-14,20-22,24-25,35H,1-2,5,7-8,11-12,15-18H2,3H3,(H,31,39)(H,32,36)(H,33,38)/t21-,22?,24+,25+,30-/m1/s1. The SMILES string of the molecule is C=C[C@@H]1C[C@]1(NC(=O)[C@@H]1CC(O)CN1C(=O)[C@@H](NC(=O)OCC(=C)C)C1CCCCC1)C(=O)NS(=O)(=O)c1ccccc1. The number of sulfonamides is 1. The molecule has 4 amide bonds. The lowest BCUT2D eigenvalue weighted by Crippen LogP contribution is -2.59. The van der Waals surface area contributed by atoms with Gasteiger partial charge in [-0.1, -0.05) is 50.1 Å². The zero-order valence-electron chi connectivity index (χ0n) is 24.3. The lowest BCUT2D eigenvalue weighted by molar-refractivity contribution is -0.142. The number of β-amino-alcohol motifs (C(OH)–C–C–N with tert-alkyl or cyclic N) is 1. The second kappa shape index (κ2) is 13.3. The summed E-state index contributed by atoms with van der Waals surface area (Å²) >= 11 is 0. The molecule has 1 heterocycles. The molecule has 234 valence electrons. The molecule has 0 aromatic heterocycles. The molecule has 0 spiro atoms. The van der Waals surface area contributed by atoms with Crippen molar-refractivity contribution >= 4 is 33.8 Å². The van der Waals surface area contributed by atoms with Crippen LogP contribution in [0.4, 0.5) is 4.79 Å². The Morgan fingerprint density at radius 1 is 1.16 bits per heavy atom. The lowest BCUT2D eigenvalue weighted by atomic mass is 9.83. The van der Waals surface area contributed by atoms with Crippen LogP contribution in [0.1, 0.15) is 51.9 Å². The summed E-state index contributed by atoms with van der Waals surface area (Å²) in [6.45, 7) is 8.95. The Morgan fingerprint density at radius 3 is 2.44 bits per heavy atom. The van der Waals surface area contributed by atoms with Gasteiger partial charge in [0.05, 0.1) is 11.0 Å². The predicted octanol–water partition coefficient (Wildman–Crippen LogP) is 1.77. The first-order chi connectivity index (χ1) is 20.4. The molecule has 0 bridgehead atoms. The van der Waals surface area contributed by atoms with Crippen LogP contribution in [0.2, 0.25) is 0 Å². The highest BCUT2D eigenvalue weighted by Crippen LogP contribution is 2.45. The van der Waals surface area contributed by atoms with E-state index in [1.54, 1.807) is 13.0 Å². The summed E-state index contributed by atoms with van der Waals surface area (Å²) in [7, 11) is -4.21. The second-order valence-corrected chi connectivity index (χ2v) is 13.4. The number of alkyl carbamates (subject to hydrolysis) is 1. The average Bonchev–Trinajstić information content (AvgIpc) is 3.56. The quantitative estimate of drug-likeness (QED) is 0.273. The third-order valence-electron chi connectivity index (χ3n) is 8.31. The van der Waals surface area contributed by atoms with Gasteiger partial charge in [0, 0.05) is 18.9 Å². The average molecular weight is 617 g/mol. The highest BCUT2D eigenvalue weighted by atomic mass is 32.2. The maximum absolute atomic E-state index is 13.9. The molecule has 3 fully saturated rings. The Labute approximate surface area is 252 Å². The number of hydrogen-bond acceptors (Lipinski definition) is 8. The van der Waals surface area contributed by atoms with E-state index in [0.717, 1.165) is 19.3 Å². The monoisotopic (exact) mass is 616 g/mol. The number of carbonyl (C=O) groups is 4. The van der Waals surface area contributed by atoms with Gasteiger partial charge >= 0.3 is 6.09 Å². The zero-order valence-corrected chi connectivity index (χ0v) is 25.1. The van der Waals surface area contributed by atoms with Crippen molar-refractivity contribution in [1.29, 1.82) is 0 Å². The van der Waals surface area contributed by atoms with Crippen molar-refractivity contribution in [2.45, 2.75) is 80.5 Å². The molecule has 43 heavy (non-hydrogen) atoms. The minimum atomic E-state index is -4.21. The van der Waals surface area contributed by atoms with Crippen molar-refractivity contribution in [3.63, 3.8) is 0 Å². The fraction of sp³-hybridized carbons (Fsp3) is 0.533. The van der Waals surface area contributed by atoms with Crippen LogP contribution in [0.25, 0.3) is 0 Å². The molecule has 3 aliphatic rings. The van der Waals surface area contributed by atoms with Gasteiger partial charge in [-0.05, 0) is 49.8 Å². The molecule has 2 aliphatic carbocycles. The van der Waals surface area contributed by atoms with E-state index >= 15 is 0 Å². The largest absolute Gasteiger partial charge is 0.445 e. The first-order valence-corrected chi connectivity index (χ1v) is 16.0. The molecule has 0 radical (unpaired) electrons. The number of hydrogen-bond donors (Lipinski definition) is 4. The van der Waals surface area contributed by atoms with E-state index in [0.29, 0.717) is 18.4 Å². The number of likely N-dealkylation sites (tertiary alicyclic amines) is 1. The van der Waals surface area contributed by atoms with Gasteiger partial charge in [-0.15, -0.1) is 6.58 Å². The molecule has 1 unspecified atom stereocenters. The normalized spacial score (nSPS) is 26.1. The number of aliphatic hydroxyl groups is 1. The number of aliphatic hydroxyl groups excluding tert-OH is 1. The van der Waals surface area contributed by atoms with Crippen molar-refractivity contribution in [1.82, 2.24) is 20.3 Å². The summed E-state index contributed by atoms with van der Waals surface area (Å²) in [5.41, 5.74) is -0.960. The summed E-state index contributed by atoms with van der Waals surface area (Å²) < 4.78 is 32.9. The Morgan fingerprint density at radius 2 is 1.84 bits per heavy atom. The third-order valence-corrected chi connectivity index (χ3v) is 9.65. The molecule has 12 nitrogen and oxygen atoms in total. The highest BCUT2D eigenvalue weighted by molar-refractivity contribution is 7.90. The molecule has 5 atom stereocenters. The predicted molar refractivity (Wildman–Crippen MR) is 157 cm³/mol. The van der Waals surface area contributed by atoms with Crippen molar-refractivity contribution in [2.75, 3.05) is 13.2 Å². The van der Waals surface area contributed by atoms with Gasteiger partial charge in [-0.3, -0.25) is 14.4 Å². The minimum Gasteiger partial charge on any atom is -0.445 e. The maximum Gasteiger partial charge on any atom is 0.408 e. The Hall–Kier alpha value is -3.71. The van der Waals surface area contributed by atoms with Crippen LogP contribution in [-0.4, -0.2) is 79.1 Å². The summed E-state index contributed by atoms with van der Waals surface area (Å²) in [5.74, 6) is -2.90. The molecular formula is C30H40N4O8S. The molecule has 1 aliphatic heterocycles. The topological polar surface area (TPSA) is 171 Å². The minimum absolute atomic E-state index is 0.0144. The van der Waals surface area contributed by atoms with Gasteiger partial charge in [0.1, 0.15) is 24.2 Å². The van der Waals surface area contributed by atoms with Crippen LogP contribution in [-0.2, 0) is 29.1 Å². The van der Waals surface area contributed by atoms with Crippen LogP contribution in [0.3, 0.4) is 0 Å². The number of ether oxygens (including phenoxy) is 1. The van der Waals surface area contributed by atoms with Crippen molar-refractivity contribution in [3.05, 3.63) is 55.1 Å². The molecule has 4 N–H and O–H groups in total. The number of benzene rings is 1. The van der Waals surface area contributed by atoms with Crippen molar-refractivity contribution in [2.24, 2.45) is 11.8 Å². The summed E-state index contributed by atoms with van der Waals surface area (Å²) in [6.07, 6.45) is 3.87. The van der Waals surface area contributed by atoms with Crippen LogP contribution < -0.4 is 15.4 Å². The molecule has 13 heteroatoms. The molecule has 1 saturated heterocycles. The summed E-state index contributed by atoms with van der Waals surface area (Å²) in [4.78, 5) is 54.6. The van der Waals surface area contributed by atoms with E-state index in [1.807, 2.05) is 0 Å². The third kappa shape index (κ3) is 7.45. The van der Waals surface area contributed by atoms with Crippen molar-refractivity contribution < 1.29 is 37.4 Å². The van der Waals surface area contributed by atoms with Gasteiger partial charge in [-0.2, -0.15) is 0 Å². The second-order valence-electron chi connectivity index (χ2n) is 11.7. The van der Waals surface area contributed by atoms with E-state index in [-0.39, 0.29) is 36.8 Å². The first-order valence-electron chi connectivity index (χ1n) is 14.5. The molecular weight excluding hydrogens is 576 g/mol.